The highest BCUT2D eigenvalue weighted by Gasteiger charge is 2.56. The van der Waals surface area contributed by atoms with Crippen LogP contribution in [-0.4, -0.2) is 74.4 Å². The average Bonchev–Trinajstić information content (AvgIpc) is 3.23. The Morgan fingerprint density at radius 2 is 2.11 bits per heavy atom. The van der Waals surface area contributed by atoms with Crippen LogP contribution in [0.3, 0.4) is 0 Å². The van der Waals surface area contributed by atoms with Crippen molar-refractivity contribution in [3.8, 4) is 11.3 Å². The van der Waals surface area contributed by atoms with Gasteiger partial charge < -0.3 is 30.4 Å². The van der Waals surface area contributed by atoms with Crippen molar-refractivity contribution in [3.63, 3.8) is 0 Å². The van der Waals surface area contributed by atoms with E-state index in [2.05, 4.69) is 30.6 Å². The molecule has 3 fully saturated rings. The lowest BCUT2D eigenvalue weighted by Crippen LogP contribution is -2.69. The maximum absolute atomic E-state index is 14.0. The van der Waals surface area contributed by atoms with E-state index in [1.165, 1.54) is 11.1 Å². The quantitative estimate of drug-likeness (QED) is 0.413. The van der Waals surface area contributed by atoms with Gasteiger partial charge in [-0.3, -0.25) is 0 Å². The maximum Gasteiger partial charge on any atom is 0.419 e. The Hall–Kier alpha value is -3.45. The Kier molecular flexibility index (Phi) is 5.53. The van der Waals surface area contributed by atoms with Crippen LogP contribution in [0, 0.1) is 5.41 Å². The second kappa shape index (κ2) is 8.55. The summed E-state index contributed by atoms with van der Waals surface area (Å²) >= 11 is 0. The van der Waals surface area contributed by atoms with Crippen molar-refractivity contribution in [2.75, 3.05) is 31.6 Å². The number of fused-ring (bicyclic) bond motifs is 1. The summed E-state index contributed by atoms with van der Waals surface area (Å²) in [6.07, 6.45) is -2.00. The predicted octanol–water partition coefficient (Wildman–Crippen LogP) is 3.64. The maximum atomic E-state index is 14.0. The summed E-state index contributed by atoms with van der Waals surface area (Å²) in [5.41, 5.74) is -0.0149. The molecule has 13 heteroatoms. The number of alkyl halides is 3. The van der Waals surface area contributed by atoms with Gasteiger partial charge in [-0.2, -0.15) is 13.2 Å². The van der Waals surface area contributed by atoms with Gasteiger partial charge in [-0.15, -0.1) is 0 Å². The van der Waals surface area contributed by atoms with Gasteiger partial charge in [0, 0.05) is 60.5 Å². The van der Waals surface area contributed by atoms with Gasteiger partial charge in [0.2, 0.25) is 5.95 Å². The van der Waals surface area contributed by atoms with Gasteiger partial charge in [0.05, 0.1) is 18.0 Å². The number of hydrogen-bond acceptors (Lipinski definition) is 7. The van der Waals surface area contributed by atoms with Crippen LogP contribution in [0.5, 0.6) is 0 Å². The molecule has 0 bridgehead atoms. The van der Waals surface area contributed by atoms with Crippen molar-refractivity contribution >= 4 is 23.1 Å². The van der Waals surface area contributed by atoms with Crippen LogP contribution in [0.1, 0.15) is 37.1 Å². The number of rotatable bonds is 4. The molecule has 1 amide bonds. The number of anilines is 1. The van der Waals surface area contributed by atoms with Crippen molar-refractivity contribution in [3.05, 3.63) is 35.8 Å². The fourth-order valence-electron chi connectivity index (χ4n) is 5.61. The summed E-state index contributed by atoms with van der Waals surface area (Å²) in [7, 11) is 0. The third kappa shape index (κ3) is 4.06. The number of hydrogen-bond donors (Lipinski definition) is 4. The molecule has 0 aromatic carbocycles. The molecule has 1 saturated carbocycles. The molecule has 3 atom stereocenters. The van der Waals surface area contributed by atoms with Crippen LogP contribution in [-0.2, 0) is 10.9 Å². The van der Waals surface area contributed by atoms with E-state index in [1.54, 1.807) is 12.1 Å². The van der Waals surface area contributed by atoms with E-state index in [4.69, 9.17) is 9.84 Å². The number of H-pyrrole nitrogens is 1. The number of ether oxygens (including phenoxy) is 1. The van der Waals surface area contributed by atoms with Crippen LogP contribution < -0.4 is 10.6 Å². The summed E-state index contributed by atoms with van der Waals surface area (Å²) in [6, 6.07) is 3.45. The number of aromatic amines is 1. The molecule has 4 N–H and O–H groups in total. The molecule has 10 nitrogen and oxygen atoms in total. The number of morpholine rings is 1. The molecule has 3 aromatic heterocycles. The minimum atomic E-state index is -4.66. The molecule has 5 heterocycles. The van der Waals surface area contributed by atoms with Crippen LogP contribution in [0.2, 0.25) is 0 Å². The third-order valence-electron chi connectivity index (χ3n) is 7.78. The van der Waals surface area contributed by atoms with E-state index < -0.39 is 17.8 Å². The fourth-order valence-corrected chi connectivity index (χ4v) is 5.61. The van der Waals surface area contributed by atoms with E-state index in [9.17, 15) is 18.0 Å². The highest BCUT2D eigenvalue weighted by molar-refractivity contribution is 5.93. The molecule has 1 aliphatic carbocycles. The normalized spacial score (nSPS) is 25.1. The van der Waals surface area contributed by atoms with Crippen LogP contribution in [0.15, 0.2) is 24.5 Å². The highest BCUT2D eigenvalue weighted by Crippen LogP contribution is 2.49. The SMILES string of the molecule is CC1NCCOC1c1ccc2c(-c3nc(NC4CCC45CN(C(=O)O)C5)ncc3C(F)(F)F)c[nH]c2n1. The number of amides is 1. The summed E-state index contributed by atoms with van der Waals surface area (Å²) in [6.45, 7) is 4.07. The topological polar surface area (TPSA) is 128 Å². The Labute approximate surface area is 209 Å². The summed E-state index contributed by atoms with van der Waals surface area (Å²) in [4.78, 5) is 28.4. The first-order chi connectivity index (χ1) is 17.6. The molecule has 2 aliphatic heterocycles. The Balaban J connectivity index is 1.32. The van der Waals surface area contributed by atoms with Crippen molar-refractivity contribution < 1.29 is 27.8 Å². The monoisotopic (exact) mass is 517 g/mol. The second-order valence-electron chi connectivity index (χ2n) is 10.1. The number of nitrogens with zero attached hydrogens (tertiary/aromatic N) is 4. The second-order valence-corrected chi connectivity index (χ2v) is 10.1. The largest absolute Gasteiger partial charge is 0.465 e. The molecule has 37 heavy (non-hydrogen) atoms. The van der Waals surface area contributed by atoms with Gasteiger partial charge in [-0.25, -0.2) is 19.7 Å². The minimum absolute atomic E-state index is 0.0495. The molecule has 0 radical (unpaired) electrons. The zero-order valence-corrected chi connectivity index (χ0v) is 20.0. The van der Waals surface area contributed by atoms with Gasteiger partial charge in [0.15, 0.2) is 0 Å². The molecule has 3 aromatic rings. The zero-order chi connectivity index (χ0) is 25.9. The number of carbonyl (C=O) groups is 1. The molecule has 3 unspecified atom stereocenters. The summed E-state index contributed by atoms with van der Waals surface area (Å²) in [5, 5.41) is 16.2. The highest BCUT2D eigenvalue weighted by atomic mass is 19.4. The molecule has 2 saturated heterocycles. The molecular formula is C24H26F3N7O3. The third-order valence-corrected chi connectivity index (χ3v) is 7.78. The summed E-state index contributed by atoms with van der Waals surface area (Å²) < 4.78 is 47.7. The number of pyridine rings is 1. The van der Waals surface area contributed by atoms with Crippen molar-refractivity contribution in [1.82, 2.24) is 30.2 Å². The van der Waals surface area contributed by atoms with Crippen molar-refractivity contribution in [2.45, 2.75) is 44.1 Å². The van der Waals surface area contributed by atoms with Crippen LogP contribution in [0.25, 0.3) is 22.3 Å². The van der Waals surface area contributed by atoms with Crippen molar-refractivity contribution in [1.29, 1.82) is 0 Å². The van der Waals surface area contributed by atoms with E-state index >= 15 is 0 Å². The van der Waals surface area contributed by atoms with Crippen LogP contribution >= 0.6 is 0 Å². The Morgan fingerprint density at radius 1 is 1.30 bits per heavy atom. The van der Waals surface area contributed by atoms with Gasteiger partial charge >= 0.3 is 12.3 Å². The van der Waals surface area contributed by atoms with E-state index in [-0.39, 0.29) is 40.8 Å². The lowest BCUT2D eigenvalue weighted by Gasteiger charge is -2.59. The Bertz CT molecular complexity index is 1360. The number of nitrogens with one attached hydrogen (secondary N) is 3. The lowest BCUT2D eigenvalue weighted by atomic mass is 9.59. The standard InChI is InChI=1S/C24H26F3N7O3/c1-12-19(37-7-6-28-12)16-3-2-13-14(8-29-20(13)31-16)18-15(24(25,26)27)9-30-21(33-18)32-17-4-5-23(17)10-34(11-23)22(35)36/h2-3,8-9,12,17,19,28H,4-7,10-11H2,1H3,(H,29,31)(H,35,36)(H,30,32,33). The average molecular weight is 518 g/mol. The van der Waals surface area contributed by atoms with Gasteiger partial charge in [-0.1, -0.05) is 0 Å². The van der Waals surface area contributed by atoms with Crippen LogP contribution in [0.4, 0.5) is 23.9 Å². The first kappa shape index (κ1) is 23.9. The molecule has 6 rings (SSSR count). The van der Waals surface area contributed by atoms with Crippen molar-refractivity contribution in [2.24, 2.45) is 5.41 Å². The smallest absolute Gasteiger partial charge is 0.419 e. The van der Waals surface area contributed by atoms with E-state index in [0.717, 1.165) is 25.6 Å². The molecular weight excluding hydrogens is 491 g/mol. The van der Waals surface area contributed by atoms with Gasteiger partial charge in [0.25, 0.3) is 0 Å². The zero-order valence-electron chi connectivity index (χ0n) is 20.0. The Morgan fingerprint density at radius 3 is 2.78 bits per heavy atom. The minimum Gasteiger partial charge on any atom is -0.465 e. The lowest BCUT2D eigenvalue weighted by molar-refractivity contribution is -0.137. The molecule has 196 valence electrons. The summed E-state index contributed by atoms with van der Waals surface area (Å²) in [5.74, 6) is 0.0790. The molecule has 1 spiro atoms. The first-order valence-corrected chi connectivity index (χ1v) is 12.2. The number of aromatic nitrogens is 4. The van der Waals surface area contributed by atoms with Gasteiger partial charge in [-0.05, 0) is 31.9 Å². The van der Waals surface area contributed by atoms with Gasteiger partial charge in [0.1, 0.15) is 17.3 Å². The number of likely N-dealkylation sites (tertiary alicyclic amines) is 1. The molecule has 3 aliphatic rings. The van der Waals surface area contributed by atoms with E-state index in [1.807, 2.05) is 6.92 Å². The first-order valence-electron chi connectivity index (χ1n) is 12.2. The predicted molar refractivity (Wildman–Crippen MR) is 127 cm³/mol. The fraction of sp³-hybridized carbons (Fsp3) is 0.500. The number of halogens is 3. The number of carboxylic acid groups (broad SMARTS) is 1. The van der Waals surface area contributed by atoms with E-state index in [0.29, 0.717) is 36.4 Å².